The molecule has 3 rings (SSSR count). The second-order valence-corrected chi connectivity index (χ2v) is 7.20. The number of thioether (sulfide) groups is 1. The Morgan fingerprint density at radius 1 is 1.00 bits per heavy atom. The minimum absolute atomic E-state index is 0.0216. The number of carbonyl (C=O) groups is 1. The number of nitrogens with zero attached hydrogens (tertiary/aromatic N) is 3. The molecule has 140 valence electrons. The largest absolute Gasteiger partial charge is 0.270 e. The monoisotopic (exact) mass is 413 g/mol. The predicted octanol–water partition coefficient (Wildman–Crippen LogP) is 4.47. The Morgan fingerprint density at radius 3 is 2.32 bits per heavy atom. The Labute approximate surface area is 168 Å². The lowest BCUT2D eigenvalue weighted by Gasteiger charge is -2.13. The number of benzene rings is 2. The molecule has 0 radical (unpaired) electrons. The zero-order valence-corrected chi connectivity index (χ0v) is 15.7. The highest BCUT2D eigenvalue weighted by Gasteiger charge is 2.33. The van der Waals surface area contributed by atoms with E-state index in [4.69, 9.17) is 12.2 Å². The highest BCUT2D eigenvalue weighted by Crippen LogP contribution is 2.35. The Balaban J connectivity index is 1.78. The van der Waals surface area contributed by atoms with Crippen molar-refractivity contribution >= 4 is 57.3 Å². The number of allylic oxidation sites excluding steroid dienone is 2. The molecular formula is C18H11N3O5S2. The lowest BCUT2D eigenvalue weighted by Crippen LogP contribution is -2.27. The molecule has 0 aromatic heterocycles. The lowest BCUT2D eigenvalue weighted by molar-refractivity contribution is -0.385. The summed E-state index contributed by atoms with van der Waals surface area (Å²) in [6.07, 6.45) is 4.83. The van der Waals surface area contributed by atoms with Gasteiger partial charge in [-0.1, -0.05) is 48.3 Å². The van der Waals surface area contributed by atoms with E-state index in [9.17, 15) is 25.0 Å². The minimum atomic E-state index is -0.521. The Bertz CT molecular complexity index is 1050. The van der Waals surface area contributed by atoms with Crippen molar-refractivity contribution < 1.29 is 14.6 Å². The van der Waals surface area contributed by atoms with Crippen molar-refractivity contribution in [2.45, 2.75) is 0 Å². The van der Waals surface area contributed by atoms with Gasteiger partial charge in [0.15, 0.2) is 4.32 Å². The second kappa shape index (κ2) is 8.11. The summed E-state index contributed by atoms with van der Waals surface area (Å²) in [5.74, 6) is -0.340. The van der Waals surface area contributed by atoms with Gasteiger partial charge >= 0.3 is 0 Å². The number of anilines is 1. The maximum Gasteiger partial charge on any atom is 0.270 e. The van der Waals surface area contributed by atoms with Gasteiger partial charge in [0, 0.05) is 24.3 Å². The van der Waals surface area contributed by atoms with E-state index in [2.05, 4.69) is 0 Å². The van der Waals surface area contributed by atoms with Crippen molar-refractivity contribution in [2.24, 2.45) is 0 Å². The number of carbonyl (C=O) groups excluding carboxylic acids is 1. The van der Waals surface area contributed by atoms with Crippen molar-refractivity contribution in [3.05, 3.63) is 91.4 Å². The van der Waals surface area contributed by atoms with E-state index in [0.717, 1.165) is 11.8 Å². The molecular weight excluding hydrogens is 402 g/mol. The maximum atomic E-state index is 12.6. The number of amides is 1. The van der Waals surface area contributed by atoms with Crippen LogP contribution in [0.1, 0.15) is 5.56 Å². The van der Waals surface area contributed by atoms with Crippen LogP contribution in [-0.2, 0) is 4.79 Å². The van der Waals surface area contributed by atoms with Gasteiger partial charge in [-0.25, -0.2) is 0 Å². The Hall–Kier alpha value is -3.37. The summed E-state index contributed by atoms with van der Waals surface area (Å²) >= 11 is 6.35. The molecule has 1 aliphatic rings. The molecule has 1 fully saturated rings. The van der Waals surface area contributed by atoms with Crippen molar-refractivity contribution in [3.63, 3.8) is 0 Å². The second-order valence-electron chi connectivity index (χ2n) is 5.52. The maximum absolute atomic E-state index is 12.6. The zero-order valence-electron chi connectivity index (χ0n) is 14.1. The third kappa shape index (κ3) is 4.13. The molecule has 10 heteroatoms. The van der Waals surface area contributed by atoms with Crippen molar-refractivity contribution in [1.82, 2.24) is 0 Å². The van der Waals surface area contributed by atoms with Crippen LogP contribution in [0, 0.1) is 20.2 Å². The molecule has 0 bridgehead atoms. The Morgan fingerprint density at radius 2 is 1.68 bits per heavy atom. The smallest absolute Gasteiger partial charge is 0.268 e. The van der Waals surface area contributed by atoms with Crippen LogP contribution in [0.15, 0.2) is 65.6 Å². The first-order valence-electron chi connectivity index (χ1n) is 7.80. The van der Waals surface area contributed by atoms with Gasteiger partial charge in [-0.3, -0.25) is 29.9 Å². The molecule has 0 atom stereocenters. The summed E-state index contributed by atoms with van der Waals surface area (Å²) in [6.45, 7) is 0. The molecule has 2 aromatic carbocycles. The van der Waals surface area contributed by atoms with Gasteiger partial charge in [0.05, 0.1) is 20.4 Å². The van der Waals surface area contributed by atoms with Crippen LogP contribution >= 0.6 is 24.0 Å². The number of nitro benzene ring substituents is 2. The van der Waals surface area contributed by atoms with Crippen molar-refractivity contribution in [2.75, 3.05) is 4.90 Å². The predicted molar refractivity (Wildman–Crippen MR) is 111 cm³/mol. The van der Waals surface area contributed by atoms with E-state index in [-0.39, 0.29) is 17.3 Å². The fourth-order valence-corrected chi connectivity index (χ4v) is 3.67. The summed E-state index contributed by atoms with van der Waals surface area (Å²) in [6, 6.07) is 11.6. The van der Waals surface area contributed by atoms with Crippen LogP contribution in [0.25, 0.3) is 6.08 Å². The molecule has 0 unspecified atom stereocenters. The molecule has 0 aliphatic carbocycles. The molecule has 1 saturated heterocycles. The first-order valence-corrected chi connectivity index (χ1v) is 9.03. The zero-order chi connectivity index (χ0) is 20.3. The number of hydrogen-bond donors (Lipinski definition) is 0. The molecule has 8 nitrogen and oxygen atoms in total. The van der Waals surface area contributed by atoms with Crippen molar-refractivity contribution in [1.29, 1.82) is 0 Å². The van der Waals surface area contributed by atoms with Crippen LogP contribution < -0.4 is 4.90 Å². The number of nitro groups is 2. The number of thiocarbonyl (C=S) groups is 1. The van der Waals surface area contributed by atoms with E-state index in [1.54, 1.807) is 30.4 Å². The standard InChI is InChI=1S/C18H11N3O5S2/c22-17-16(6-2-4-12-3-1-5-15(11-12)21(25)26)28-18(27)19(17)13-7-9-14(10-8-13)20(23)24/h1-11H/b4-2+,16-6?. The number of hydrogen-bond acceptors (Lipinski definition) is 7. The molecule has 0 N–H and O–H groups in total. The number of rotatable bonds is 5. The summed E-state index contributed by atoms with van der Waals surface area (Å²) in [7, 11) is 0. The van der Waals surface area contributed by atoms with Gasteiger partial charge in [-0.05, 0) is 23.8 Å². The molecule has 1 amide bonds. The van der Waals surface area contributed by atoms with E-state index in [0.29, 0.717) is 20.5 Å². The van der Waals surface area contributed by atoms with Gasteiger partial charge < -0.3 is 0 Å². The van der Waals surface area contributed by atoms with Gasteiger partial charge in [0.25, 0.3) is 17.3 Å². The van der Waals surface area contributed by atoms with E-state index >= 15 is 0 Å². The average molecular weight is 413 g/mol. The molecule has 1 heterocycles. The van der Waals surface area contributed by atoms with Gasteiger partial charge in [-0.15, -0.1) is 0 Å². The fourth-order valence-electron chi connectivity index (χ4n) is 2.42. The highest BCUT2D eigenvalue weighted by atomic mass is 32.2. The molecule has 0 saturated carbocycles. The van der Waals surface area contributed by atoms with Crippen LogP contribution in [0.2, 0.25) is 0 Å². The van der Waals surface area contributed by atoms with Gasteiger partial charge in [0.2, 0.25) is 0 Å². The first kappa shape index (κ1) is 19.4. The van der Waals surface area contributed by atoms with Crippen molar-refractivity contribution in [3.8, 4) is 0 Å². The van der Waals surface area contributed by atoms with E-state index < -0.39 is 9.85 Å². The van der Waals surface area contributed by atoms with Crippen LogP contribution in [-0.4, -0.2) is 20.1 Å². The molecule has 1 aliphatic heterocycles. The summed E-state index contributed by atoms with van der Waals surface area (Å²) in [5.41, 5.74) is 0.965. The minimum Gasteiger partial charge on any atom is -0.268 e. The quantitative estimate of drug-likeness (QED) is 0.308. The van der Waals surface area contributed by atoms with E-state index in [1.165, 1.54) is 41.3 Å². The van der Waals surface area contributed by atoms with Crippen LogP contribution in [0.4, 0.5) is 17.1 Å². The van der Waals surface area contributed by atoms with Crippen LogP contribution in [0.3, 0.4) is 0 Å². The summed E-state index contributed by atoms with van der Waals surface area (Å²) < 4.78 is 0.314. The first-order chi connectivity index (χ1) is 13.4. The SMILES string of the molecule is O=C1C(=C/C=C/c2cccc([N+](=O)[O-])c2)SC(=S)N1c1ccc([N+](=O)[O-])cc1. The molecule has 2 aromatic rings. The third-order valence-electron chi connectivity index (χ3n) is 3.73. The van der Waals surface area contributed by atoms with Gasteiger partial charge in [0.1, 0.15) is 0 Å². The topological polar surface area (TPSA) is 107 Å². The average Bonchev–Trinajstić information content (AvgIpc) is 2.95. The number of non-ortho nitro benzene ring substituents is 2. The molecule has 28 heavy (non-hydrogen) atoms. The molecule has 0 spiro atoms. The van der Waals surface area contributed by atoms with Gasteiger partial charge in [-0.2, -0.15) is 0 Å². The normalized spacial score (nSPS) is 15.6. The Kier molecular flexibility index (Phi) is 5.62. The highest BCUT2D eigenvalue weighted by molar-refractivity contribution is 8.27. The van der Waals surface area contributed by atoms with E-state index in [1.807, 2.05) is 0 Å². The lowest BCUT2D eigenvalue weighted by atomic mass is 10.2. The summed E-state index contributed by atoms with van der Waals surface area (Å²) in [5, 5.41) is 21.6. The summed E-state index contributed by atoms with van der Waals surface area (Å²) in [4.78, 5) is 34.9. The van der Waals surface area contributed by atoms with Crippen LogP contribution in [0.5, 0.6) is 0 Å². The third-order valence-corrected chi connectivity index (χ3v) is 5.05. The fraction of sp³-hybridized carbons (Fsp3) is 0.